The number of aromatic nitrogens is 2. The normalized spacial score (nSPS) is 14.0. The van der Waals surface area contributed by atoms with Crippen LogP contribution in [0.1, 0.15) is 43.7 Å². The van der Waals surface area contributed by atoms with Gasteiger partial charge in [0.2, 0.25) is 0 Å². The van der Waals surface area contributed by atoms with Crippen molar-refractivity contribution >= 4 is 5.82 Å². The number of nitrogens with one attached hydrogen (secondary N) is 1. The molecular formula is C22H23F2N3. The molecule has 0 fully saturated rings. The van der Waals surface area contributed by atoms with Crippen LogP contribution in [0.3, 0.4) is 0 Å². The maximum atomic E-state index is 14.5. The molecule has 1 aromatic heterocycles. The molecule has 4 rings (SSSR count). The van der Waals surface area contributed by atoms with Gasteiger partial charge in [-0.3, -0.25) is 0 Å². The number of halogens is 2. The summed E-state index contributed by atoms with van der Waals surface area (Å²) in [6.45, 7) is 5.15. The van der Waals surface area contributed by atoms with Gasteiger partial charge in [0.1, 0.15) is 23.1 Å². The number of anilines is 1. The average Bonchev–Trinajstić information content (AvgIpc) is 2.83. The van der Waals surface area contributed by atoms with Gasteiger partial charge in [-0.15, -0.1) is 0 Å². The summed E-state index contributed by atoms with van der Waals surface area (Å²) in [5.41, 5.74) is 4.11. The van der Waals surface area contributed by atoms with E-state index in [1.54, 1.807) is 0 Å². The fraction of sp³-hybridized carbons (Fsp3) is 0.318. The summed E-state index contributed by atoms with van der Waals surface area (Å²) >= 11 is 0. The van der Waals surface area contributed by atoms with Gasteiger partial charge in [-0.1, -0.05) is 32.0 Å². The molecule has 5 heteroatoms. The van der Waals surface area contributed by atoms with Crippen LogP contribution in [0.4, 0.5) is 14.6 Å². The van der Waals surface area contributed by atoms with Crippen molar-refractivity contribution in [3.8, 4) is 16.9 Å². The summed E-state index contributed by atoms with van der Waals surface area (Å²) in [4.78, 5) is 0. The van der Waals surface area contributed by atoms with Crippen molar-refractivity contribution in [2.24, 2.45) is 0 Å². The lowest BCUT2D eigenvalue weighted by molar-refractivity contribution is 0.585. The van der Waals surface area contributed by atoms with E-state index in [4.69, 9.17) is 5.10 Å². The number of hydrogen-bond acceptors (Lipinski definition) is 2. The molecule has 140 valence electrons. The van der Waals surface area contributed by atoms with Gasteiger partial charge in [0.05, 0.1) is 5.69 Å². The largest absolute Gasteiger partial charge is 0.370 e. The molecule has 0 aliphatic carbocycles. The summed E-state index contributed by atoms with van der Waals surface area (Å²) in [6.07, 6.45) is 2.87. The lowest BCUT2D eigenvalue weighted by Crippen LogP contribution is -2.09. The molecule has 0 saturated heterocycles. The smallest absolute Gasteiger partial charge is 0.135 e. The van der Waals surface area contributed by atoms with Crippen LogP contribution in [0.2, 0.25) is 0 Å². The summed E-state index contributed by atoms with van der Waals surface area (Å²) in [7, 11) is 0. The van der Waals surface area contributed by atoms with Crippen LogP contribution in [0.5, 0.6) is 0 Å². The number of nitrogens with zero attached hydrogens (tertiary/aromatic N) is 2. The van der Waals surface area contributed by atoms with Crippen molar-refractivity contribution in [1.29, 1.82) is 0 Å². The Balaban J connectivity index is 1.96. The molecule has 0 unspecified atom stereocenters. The van der Waals surface area contributed by atoms with E-state index in [-0.39, 0.29) is 0 Å². The Morgan fingerprint density at radius 2 is 1.89 bits per heavy atom. The number of benzene rings is 2. The highest BCUT2D eigenvalue weighted by Gasteiger charge is 2.24. The predicted octanol–water partition coefficient (Wildman–Crippen LogP) is 5.69. The lowest BCUT2D eigenvalue weighted by Gasteiger charge is -2.15. The van der Waals surface area contributed by atoms with Crippen molar-refractivity contribution < 1.29 is 8.78 Å². The van der Waals surface area contributed by atoms with Crippen LogP contribution in [-0.2, 0) is 6.42 Å². The Bertz CT molecular complexity index is 976. The van der Waals surface area contributed by atoms with Gasteiger partial charge in [0.25, 0.3) is 0 Å². The van der Waals surface area contributed by atoms with Gasteiger partial charge in [-0.25, -0.2) is 13.5 Å². The van der Waals surface area contributed by atoms with Gasteiger partial charge in [-0.05, 0) is 48.9 Å². The standard InChI is InChI=1S/C22H23F2N3/c1-14(2)16-7-3-4-9-20(16)27-22-18(8-5-6-12-25-22)21(26-27)17-11-10-15(23)13-19(17)24/h3-4,7,9-11,13-14,25H,5-6,8,12H2,1-2H3. The minimum Gasteiger partial charge on any atom is -0.370 e. The van der Waals surface area contributed by atoms with E-state index in [1.807, 2.05) is 22.9 Å². The Kier molecular flexibility index (Phi) is 4.68. The highest BCUT2D eigenvalue weighted by Crippen LogP contribution is 2.36. The fourth-order valence-corrected chi connectivity index (χ4v) is 3.74. The van der Waals surface area contributed by atoms with Crippen molar-refractivity contribution in [1.82, 2.24) is 9.78 Å². The second-order valence-corrected chi connectivity index (χ2v) is 7.31. The van der Waals surface area contributed by atoms with Crippen LogP contribution < -0.4 is 5.32 Å². The van der Waals surface area contributed by atoms with Crippen molar-refractivity contribution in [2.75, 3.05) is 11.9 Å². The van der Waals surface area contributed by atoms with E-state index >= 15 is 0 Å². The minimum atomic E-state index is -0.580. The van der Waals surface area contributed by atoms with Crippen LogP contribution in [0.15, 0.2) is 42.5 Å². The molecule has 3 aromatic rings. The van der Waals surface area contributed by atoms with Gasteiger partial charge in [-0.2, -0.15) is 5.10 Å². The topological polar surface area (TPSA) is 29.9 Å². The Morgan fingerprint density at radius 1 is 1.07 bits per heavy atom. The Hall–Kier alpha value is -2.69. The van der Waals surface area contributed by atoms with E-state index in [0.29, 0.717) is 17.2 Å². The monoisotopic (exact) mass is 367 g/mol. The number of hydrogen-bond donors (Lipinski definition) is 1. The van der Waals surface area contributed by atoms with Crippen LogP contribution in [-0.4, -0.2) is 16.3 Å². The van der Waals surface area contributed by atoms with Crippen LogP contribution in [0.25, 0.3) is 16.9 Å². The molecule has 0 atom stereocenters. The van der Waals surface area contributed by atoms with Crippen LogP contribution >= 0.6 is 0 Å². The molecule has 0 spiro atoms. The lowest BCUT2D eigenvalue weighted by atomic mass is 10.0. The number of para-hydroxylation sites is 1. The zero-order valence-electron chi connectivity index (χ0n) is 15.6. The highest BCUT2D eigenvalue weighted by atomic mass is 19.1. The van der Waals surface area contributed by atoms with E-state index in [9.17, 15) is 8.78 Å². The molecule has 1 N–H and O–H groups in total. The third kappa shape index (κ3) is 3.22. The van der Waals surface area contributed by atoms with Crippen molar-refractivity contribution in [3.05, 3.63) is 65.2 Å². The molecule has 0 bridgehead atoms. The molecule has 27 heavy (non-hydrogen) atoms. The van der Waals surface area contributed by atoms with Gasteiger partial charge >= 0.3 is 0 Å². The molecule has 1 aliphatic heterocycles. The molecule has 0 amide bonds. The first-order valence-corrected chi connectivity index (χ1v) is 9.46. The molecule has 3 nitrogen and oxygen atoms in total. The van der Waals surface area contributed by atoms with Crippen molar-refractivity contribution in [3.63, 3.8) is 0 Å². The zero-order chi connectivity index (χ0) is 19.0. The van der Waals surface area contributed by atoms with Crippen LogP contribution in [0, 0.1) is 11.6 Å². The van der Waals surface area contributed by atoms with E-state index < -0.39 is 11.6 Å². The van der Waals surface area contributed by atoms with Gasteiger partial charge < -0.3 is 5.32 Å². The average molecular weight is 367 g/mol. The summed E-state index contributed by atoms with van der Waals surface area (Å²) < 4.78 is 29.8. The third-order valence-electron chi connectivity index (χ3n) is 5.10. The quantitative estimate of drug-likeness (QED) is 0.644. The van der Waals surface area contributed by atoms with E-state index in [1.165, 1.54) is 17.7 Å². The predicted molar refractivity (Wildman–Crippen MR) is 104 cm³/mol. The van der Waals surface area contributed by atoms with E-state index in [2.05, 4.69) is 25.2 Å². The summed E-state index contributed by atoms with van der Waals surface area (Å²) in [5, 5.41) is 8.28. The zero-order valence-corrected chi connectivity index (χ0v) is 15.6. The first-order valence-electron chi connectivity index (χ1n) is 9.46. The second-order valence-electron chi connectivity index (χ2n) is 7.31. The molecule has 0 radical (unpaired) electrons. The number of rotatable bonds is 3. The fourth-order valence-electron chi connectivity index (χ4n) is 3.74. The molecular weight excluding hydrogens is 344 g/mol. The first-order chi connectivity index (χ1) is 13.1. The SMILES string of the molecule is CC(C)c1ccccc1-n1nc(-c2ccc(F)cc2F)c2c1NCCCC2. The molecule has 2 aromatic carbocycles. The van der Waals surface area contributed by atoms with Gasteiger partial charge in [0, 0.05) is 23.7 Å². The maximum absolute atomic E-state index is 14.5. The van der Waals surface area contributed by atoms with Gasteiger partial charge in [0.15, 0.2) is 0 Å². The summed E-state index contributed by atoms with van der Waals surface area (Å²) in [6, 6.07) is 11.8. The maximum Gasteiger partial charge on any atom is 0.135 e. The first kappa shape index (κ1) is 17.7. The third-order valence-corrected chi connectivity index (χ3v) is 5.10. The molecule has 2 heterocycles. The second kappa shape index (κ2) is 7.14. The molecule has 0 saturated carbocycles. The van der Waals surface area contributed by atoms with E-state index in [0.717, 1.165) is 48.9 Å². The number of fused-ring (bicyclic) bond motifs is 1. The highest BCUT2D eigenvalue weighted by molar-refractivity contribution is 5.72. The summed E-state index contributed by atoms with van der Waals surface area (Å²) in [5.74, 6) is 0.0889. The molecule has 1 aliphatic rings. The Labute approximate surface area is 158 Å². The minimum absolute atomic E-state index is 0.331. The Morgan fingerprint density at radius 3 is 2.67 bits per heavy atom. The van der Waals surface area contributed by atoms with Crippen molar-refractivity contribution in [2.45, 2.75) is 39.0 Å².